The summed E-state index contributed by atoms with van der Waals surface area (Å²) in [6.07, 6.45) is 0. The Labute approximate surface area is 133 Å². The van der Waals surface area contributed by atoms with E-state index in [1.807, 2.05) is 43.3 Å². The summed E-state index contributed by atoms with van der Waals surface area (Å²) in [6.45, 7) is 3.42. The number of fused-ring (bicyclic) bond motifs is 3. The molecule has 3 N–H and O–H groups in total. The molecule has 116 valence electrons. The minimum Gasteiger partial charge on any atom is -0.399 e. The molecule has 4 rings (SSSR count). The van der Waals surface area contributed by atoms with Crippen LogP contribution in [0.3, 0.4) is 0 Å². The van der Waals surface area contributed by atoms with Crippen molar-refractivity contribution in [3.05, 3.63) is 64.1 Å². The number of nitrogens with two attached hydrogens (primary N) is 1. The third-order valence-corrected chi connectivity index (χ3v) is 4.56. The van der Waals surface area contributed by atoms with Crippen LogP contribution in [-0.4, -0.2) is 16.1 Å². The fraction of sp³-hybridized carbons (Fsp3) is 0.222. The Hall–Kier alpha value is -2.82. The average molecular weight is 306 g/mol. The summed E-state index contributed by atoms with van der Waals surface area (Å²) >= 11 is 0. The van der Waals surface area contributed by atoms with E-state index in [1.54, 1.807) is 4.57 Å². The quantitative estimate of drug-likeness (QED) is 0.678. The number of anilines is 2. The Balaban J connectivity index is 1.79. The van der Waals surface area contributed by atoms with Gasteiger partial charge in [-0.1, -0.05) is 24.3 Å². The van der Waals surface area contributed by atoms with E-state index in [9.17, 15) is 4.79 Å². The van der Waals surface area contributed by atoms with E-state index >= 15 is 0 Å². The van der Waals surface area contributed by atoms with Crippen LogP contribution in [0.1, 0.15) is 17.0 Å². The summed E-state index contributed by atoms with van der Waals surface area (Å²) in [6, 6.07) is 13.8. The maximum atomic E-state index is 12.4. The first-order valence-corrected chi connectivity index (χ1v) is 7.73. The lowest BCUT2D eigenvalue weighted by atomic mass is 9.95. The molecule has 5 nitrogen and oxygen atoms in total. The molecule has 5 heteroatoms. The molecule has 0 amide bonds. The second kappa shape index (κ2) is 5.12. The number of para-hydroxylation sites is 1. The molecule has 23 heavy (non-hydrogen) atoms. The van der Waals surface area contributed by atoms with Crippen LogP contribution in [0.4, 0.5) is 11.5 Å². The molecule has 0 fully saturated rings. The van der Waals surface area contributed by atoms with Crippen molar-refractivity contribution in [2.75, 3.05) is 17.6 Å². The van der Waals surface area contributed by atoms with Crippen LogP contribution < -0.4 is 16.7 Å². The van der Waals surface area contributed by atoms with E-state index in [4.69, 9.17) is 5.73 Å². The van der Waals surface area contributed by atoms with Gasteiger partial charge in [0.25, 0.3) is 0 Å². The van der Waals surface area contributed by atoms with Gasteiger partial charge in [0.05, 0.1) is 5.52 Å². The van der Waals surface area contributed by atoms with Gasteiger partial charge in [-0.15, -0.1) is 0 Å². The monoisotopic (exact) mass is 306 g/mol. The van der Waals surface area contributed by atoms with Crippen LogP contribution in [0.2, 0.25) is 0 Å². The molecule has 1 aliphatic rings. The molecule has 2 heterocycles. The van der Waals surface area contributed by atoms with Gasteiger partial charge >= 0.3 is 5.69 Å². The normalized spacial score (nSPS) is 16.8. The number of nitrogen functional groups attached to an aromatic ring is 1. The summed E-state index contributed by atoms with van der Waals surface area (Å²) in [5.74, 6) is 1.09. The number of nitrogens with one attached hydrogen (secondary N) is 1. The predicted octanol–water partition coefficient (Wildman–Crippen LogP) is 2.50. The van der Waals surface area contributed by atoms with Crippen molar-refractivity contribution < 1.29 is 0 Å². The third-order valence-electron chi connectivity index (χ3n) is 4.56. The van der Waals surface area contributed by atoms with Gasteiger partial charge in [0.2, 0.25) is 0 Å². The van der Waals surface area contributed by atoms with Crippen molar-refractivity contribution in [1.29, 1.82) is 0 Å². The van der Waals surface area contributed by atoms with Crippen LogP contribution in [0.25, 0.3) is 10.9 Å². The minimum atomic E-state index is -0.205. The summed E-state index contributed by atoms with van der Waals surface area (Å²) in [5.41, 5.74) is 9.48. The van der Waals surface area contributed by atoms with Gasteiger partial charge in [-0.05, 0) is 36.2 Å². The SMILES string of the molecule is Cc1cc([C@H]2CNc3c4ccccc4nc(=O)n3C2)ccc1N. The molecule has 1 aliphatic heterocycles. The van der Waals surface area contributed by atoms with E-state index in [-0.39, 0.29) is 11.6 Å². The molecule has 0 spiro atoms. The molecule has 1 aromatic heterocycles. The first-order chi connectivity index (χ1) is 11.1. The average Bonchev–Trinajstić information content (AvgIpc) is 2.57. The fourth-order valence-electron chi connectivity index (χ4n) is 3.22. The molecule has 0 bridgehead atoms. The van der Waals surface area contributed by atoms with Crippen LogP contribution in [0, 0.1) is 6.92 Å². The highest BCUT2D eigenvalue weighted by molar-refractivity contribution is 5.89. The number of nitrogens with zero attached hydrogens (tertiary/aromatic N) is 2. The third kappa shape index (κ3) is 2.25. The van der Waals surface area contributed by atoms with Crippen LogP contribution in [-0.2, 0) is 6.54 Å². The van der Waals surface area contributed by atoms with Crippen molar-refractivity contribution in [2.24, 2.45) is 0 Å². The van der Waals surface area contributed by atoms with Crippen molar-refractivity contribution in [3.63, 3.8) is 0 Å². The van der Waals surface area contributed by atoms with Crippen molar-refractivity contribution in [2.45, 2.75) is 19.4 Å². The molecule has 1 atom stereocenters. The molecule has 2 aromatic carbocycles. The number of rotatable bonds is 1. The summed E-state index contributed by atoms with van der Waals surface area (Å²) < 4.78 is 1.74. The molecule has 0 saturated heterocycles. The predicted molar refractivity (Wildman–Crippen MR) is 92.8 cm³/mol. The van der Waals surface area contributed by atoms with Crippen molar-refractivity contribution >= 4 is 22.4 Å². The first kappa shape index (κ1) is 13.8. The molecule has 3 aromatic rings. The molecule has 0 saturated carbocycles. The lowest BCUT2D eigenvalue weighted by molar-refractivity contribution is 0.530. The molecule has 0 radical (unpaired) electrons. The van der Waals surface area contributed by atoms with Gasteiger partial charge in [-0.25, -0.2) is 4.79 Å². The van der Waals surface area contributed by atoms with Crippen LogP contribution >= 0.6 is 0 Å². The van der Waals surface area contributed by atoms with E-state index in [0.29, 0.717) is 6.54 Å². The van der Waals surface area contributed by atoms with E-state index in [0.717, 1.165) is 34.5 Å². The highest BCUT2D eigenvalue weighted by atomic mass is 16.1. The largest absolute Gasteiger partial charge is 0.399 e. The zero-order valence-corrected chi connectivity index (χ0v) is 12.9. The minimum absolute atomic E-state index is 0.205. The molecular weight excluding hydrogens is 288 g/mol. The van der Waals surface area contributed by atoms with Gasteiger partial charge in [0, 0.05) is 30.1 Å². The number of hydrogen-bond donors (Lipinski definition) is 2. The highest BCUT2D eigenvalue weighted by Gasteiger charge is 2.23. The Morgan fingerprint density at radius 2 is 2.09 bits per heavy atom. The Bertz CT molecular complexity index is 961. The van der Waals surface area contributed by atoms with Gasteiger partial charge in [0.15, 0.2) is 0 Å². The second-order valence-corrected chi connectivity index (χ2v) is 6.06. The van der Waals surface area contributed by atoms with Gasteiger partial charge in [-0.3, -0.25) is 4.57 Å². The van der Waals surface area contributed by atoms with E-state index in [2.05, 4.69) is 16.4 Å². The lowest BCUT2D eigenvalue weighted by Crippen LogP contribution is -2.35. The summed E-state index contributed by atoms with van der Waals surface area (Å²) in [4.78, 5) is 16.6. The summed E-state index contributed by atoms with van der Waals surface area (Å²) in [5, 5.41) is 4.41. The second-order valence-electron chi connectivity index (χ2n) is 6.06. The van der Waals surface area contributed by atoms with Crippen LogP contribution in [0.5, 0.6) is 0 Å². The zero-order valence-electron chi connectivity index (χ0n) is 12.9. The van der Waals surface area contributed by atoms with E-state index < -0.39 is 0 Å². The smallest absolute Gasteiger partial charge is 0.349 e. The van der Waals surface area contributed by atoms with Crippen molar-refractivity contribution in [3.8, 4) is 0 Å². The highest BCUT2D eigenvalue weighted by Crippen LogP contribution is 2.29. The summed E-state index contributed by atoms with van der Waals surface area (Å²) in [7, 11) is 0. The van der Waals surface area contributed by atoms with Crippen LogP contribution in [0.15, 0.2) is 47.3 Å². The molecule has 0 aliphatic carbocycles. The number of aryl methyl sites for hydroxylation is 1. The fourth-order valence-corrected chi connectivity index (χ4v) is 3.22. The van der Waals surface area contributed by atoms with Gasteiger partial charge < -0.3 is 11.1 Å². The Morgan fingerprint density at radius 1 is 1.26 bits per heavy atom. The zero-order chi connectivity index (χ0) is 16.0. The maximum absolute atomic E-state index is 12.4. The Kier molecular flexibility index (Phi) is 3.08. The molecular formula is C18H18N4O. The Morgan fingerprint density at radius 3 is 2.91 bits per heavy atom. The maximum Gasteiger partial charge on any atom is 0.349 e. The van der Waals surface area contributed by atoms with Gasteiger partial charge in [-0.2, -0.15) is 4.98 Å². The first-order valence-electron chi connectivity index (χ1n) is 7.73. The standard InChI is InChI=1S/C18H18N4O/c1-11-8-12(6-7-15(11)19)13-9-20-17-14-4-2-3-5-16(14)21-18(23)22(17)10-13/h2-8,13,20H,9-10,19H2,1H3/t13-/m0/s1. The van der Waals surface area contributed by atoms with E-state index in [1.165, 1.54) is 5.56 Å². The van der Waals surface area contributed by atoms with Crippen molar-refractivity contribution in [1.82, 2.24) is 9.55 Å². The lowest BCUT2D eigenvalue weighted by Gasteiger charge is -2.28. The topological polar surface area (TPSA) is 72.9 Å². The number of hydrogen-bond acceptors (Lipinski definition) is 4. The molecule has 0 unspecified atom stereocenters. The number of benzene rings is 2. The number of aromatic nitrogens is 2. The van der Waals surface area contributed by atoms with Gasteiger partial charge in [0.1, 0.15) is 5.82 Å².